The second kappa shape index (κ2) is 7.32. The number of rotatable bonds is 3. The number of benzene rings is 2. The molecule has 0 bridgehead atoms. The number of carbonyl (C=O) groups is 1. The van der Waals surface area contributed by atoms with E-state index >= 15 is 0 Å². The molecule has 138 valence electrons. The first-order valence-electron chi connectivity index (χ1n) is 8.91. The number of pyridine rings is 1. The third-order valence-electron chi connectivity index (χ3n) is 4.76. The number of hydrogen-bond donors (Lipinski definition) is 1. The van der Waals surface area contributed by atoms with Gasteiger partial charge in [-0.3, -0.25) is 9.78 Å². The minimum absolute atomic E-state index is 0.104. The number of para-hydroxylation sites is 1. The monoisotopic (exact) mass is 365 g/mol. The molecule has 1 saturated heterocycles. The van der Waals surface area contributed by atoms with Crippen molar-refractivity contribution in [2.45, 2.75) is 6.92 Å². The smallest absolute Gasteiger partial charge is 0.257 e. The van der Waals surface area contributed by atoms with Crippen molar-refractivity contribution < 1.29 is 13.9 Å². The van der Waals surface area contributed by atoms with E-state index in [1.807, 2.05) is 31.2 Å². The number of nitrogens with zero attached hydrogens (tertiary/aromatic N) is 2. The van der Waals surface area contributed by atoms with Crippen LogP contribution in [0.15, 0.2) is 48.7 Å². The number of anilines is 2. The number of carbonyl (C=O) groups excluding carboxylic acids is 1. The zero-order valence-electron chi connectivity index (χ0n) is 15.0. The van der Waals surface area contributed by atoms with E-state index in [0.717, 1.165) is 16.5 Å². The molecule has 2 heterocycles. The van der Waals surface area contributed by atoms with Crippen LogP contribution in [0.2, 0.25) is 0 Å². The largest absolute Gasteiger partial charge is 0.378 e. The van der Waals surface area contributed by atoms with Crippen LogP contribution in [-0.4, -0.2) is 42.1 Å². The molecule has 0 unspecified atom stereocenters. The average Bonchev–Trinajstić information content (AvgIpc) is 2.71. The molecule has 1 aliphatic rings. The summed E-state index contributed by atoms with van der Waals surface area (Å²) in [5.74, 6) is -0.435. The topological polar surface area (TPSA) is 54.5 Å². The van der Waals surface area contributed by atoms with Crippen LogP contribution in [0.1, 0.15) is 15.9 Å². The Bertz CT molecular complexity index is 1000. The summed E-state index contributed by atoms with van der Waals surface area (Å²) in [5.41, 5.74) is 3.40. The molecule has 1 aromatic heterocycles. The van der Waals surface area contributed by atoms with Crippen LogP contribution < -0.4 is 5.32 Å². The lowest BCUT2D eigenvalue weighted by molar-refractivity contribution is 0.0303. The Hall–Kier alpha value is -2.99. The van der Waals surface area contributed by atoms with E-state index in [0.29, 0.717) is 43.2 Å². The fraction of sp³-hybridized carbons (Fsp3) is 0.238. The predicted octanol–water partition coefficient (Wildman–Crippen LogP) is 3.90. The number of fused-ring (bicyclic) bond motifs is 1. The maximum absolute atomic E-state index is 13.8. The van der Waals surface area contributed by atoms with Gasteiger partial charge in [0.15, 0.2) is 0 Å². The van der Waals surface area contributed by atoms with E-state index in [1.165, 1.54) is 12.1 Å². The molecule has 0 saturated carbocycles. The third-order valence-corrected chi connectivity index (χ3v) is 4.76. The highest BCUT2D eigenvalue weighted by Gasteiger charge is 2.23. The number of amides is 1. The van der Waals surface area contributed by atoms with Crippen molar-refractivity contribution in [3.63, 3.8) is 0 Å². The van der Waals surface area contributed by atoms with Crippen molar-refractivity contribution >= 4 is 28.2 Å². The molecule has 27 heavy (non-hydrogen) atoms. The van der Waals surface area contributed by atoms with Crippen molar-refractivity contribution in [3.8, 4) is 0 Å². The van der Waals surface area contributed by atoms with Crippen LogP contribution >= 0.6 is 0 Å². The second-order valence-corrected chi connectivity index (χ2v) is 6.55. The molecular formula is C21H20FN3O2. The van der Waals surface area contributed by atoms with E-state index in [-0.39, 0.29) is 11.7 Å². The Morgan fingerprint density at radius 2 is 1.96 bits per heavy atom. The average molecular weight is 365 g/mol. The number of hydrogen-bond acceptors (Lipinski definition) is 4. The van der Waals surface area contributed by atoms with Crippen LogP contribution in [0.4, 0.5) is 15.8 Å². The molecule has 3 aromatic rings. The quantitative estimate of drug-likeness (QED) is 0.765. The molecule has 0 radical (unpaired) electrons. The lowest BCUT2D eigenvalue weighted by atomic mass is 10.1. The van der Waals surface area contributed by atoms with Gasteiger partial charge < -0.3 is 15.0 Å². The fourth-order valence-corrected chi connectivity index (χ4v) is 3.24. The Morgan fingerprint density at radius 3 is 2.78 bits per heavy atom. The summed E-state index contributed by atoms with van der Waals surface area (Å²) in [6.45, 7) is 4.04. The van der Waals surface area contributed by atoms with Gasteiger partial charge in [0, 0.05) is 30.4 Å². The molecule has 0 atom stereocenters. The third kappa shape index (κ3) is 3.48. The summed E-state index contributed by atoms with van der Waals surface area (Å²) >= 11 is 0. The zero-order valence-corrected chi connectivity index (χ0v) is 15.0. The summed E-state index contributed by atoms with van der Waals surface area (Å²) in [7, 11) is 0. The molecular weight excluding hydrogens is 345 g/mol. The SMILES string of the molecule is Cc1ccc(F)cc1Nc1c(C(=O)N2CCOCC2)cnc2ccccc12. The van der Waals surface area contributed by atoms with Gasteiger partial charge in [0.1, 0.15) is 5.82 Å². The highest BCUT2D eigenvalue weighted by Crippen LogP contribution is 2.31. The highest BCUT2D eigenvalue weighted by molar-refractivity contribution is 6.08. The first-order chi connectivity index (χ1) is 13.1. The Labute approximate surface area is 156 Å². The summed E-state index contributed by atoms with van der Waals surface area (Å²) < 4.78 is 19.1. The van der Waals surface area contributed by atoms with Gasteiger partial charge in [0.05, 0.1) is 30.0 Å². The van der Waals surface area contributed by atoms with Crippen molar-refractivity contribution in [2.24, 2.45) is 0 Å². The first kappa shape index (κ1) is 17.4. The Kier molecular flexibility index (Phi) is 4.73. The minimum atomic E-state index is -0.331. The minimum Gasteiger partial charge on any atom is -0.378 e. The molecule has 0 spiro atoms. The zero-order chi connectivity index (χ0) is 18.8. The molecule has 4 rings (SSSR count). The second-order valence-electron chi connectivity index (χ2n) is 6.55. The van der Waals surface area contributed by atoms with E-state index in [2.05, 4.69) is 10.3 Å². The standard InChI is InChI=1S/C21H20FN3O2/c1-14-6-7-15(22)12-19(14)24-20-16-4-2-3-5-18(16)23-13-17(20)21(26)25-8-10-27-11-9-25/h2-7,12-13H,8-11H2,1H3,(H,23,24). The Balaban J connectivity index is 1.82. The number of aryl methyl sites for hydroxylation is 1. The van der Waals surface area contributed by atoms with Gasteiger partial charge in [-0.2, -0.15) is 0 Å². The summed E-state index contributed by atoms with van der Waals surface area (Å²) in [5, 5.41) is 4.11. The predicted molar refractivity (Wildman–Crippen MR) is 103 cm³/mol. The van der Waals surface area contributed by atoms with Gasteiger partial charge in [0.25, 0.3) is 5.91 Å². The summed E-state index contributed by atoms with van der Waals surface area (Å²) in [4.78, 5) is 19.3. The first-order valence-corrected chi connectivity index (χ1v) is 8.91. The van der Waals surface area contributed by atoms with Crippen LogP contribution in [0.5, 0.6) is 0 Å². The number of aromatic nitrogens is 1. The number of morpholine rings is 1. The Morgan fingerprint density at radius 1 is 1.19 bits per heavy atom. The van der Waals surface area contributed by atoms with Gasteiger partial charge in [-0.15, -0.1) is 0 Å². The lowest BCUT2D eigenvalue weighted by Gasteiger charge is -2.28. The van der Waals surface area contributed by atoms with E-state index in [1.54, 1.807) is 17.2 Å². The molecule has 1 N–H and O–H groups in total. The molecule has 1 aliphatic heterocycles. The van der Waals surface area contributed by atoms with Crippen molar-refractivity contribution in [1.29, 1.82) is 0 Å². The van der Waals surface area contributed by atoms with Crippen molar-refractivity contribution in [3.05, 3.63) is 65.6 Å². The van der Waals surface area contributed by atoms with Crippen LogP contribution in [0, 0.1) is 12.7 Å². The van der Waals surface area contributed by atoms with Crippen molar-refractivity contribution in [1.82, 2.24) is 9.88 Å². The maximum atomic E-state index is 13.8. The van der Waals surface area contributed by atoms with Crippen LogP contribution in [0.25, 0.3) is 10.9 Å². The van der Waals surface area contributed by atoms with E-state index < -0.39 is 0 Å². The van der Waals surface area contributed by atoms with Gasteiger partial charge in [0.2, 0.25) is 0 Å². The summed E-state index contributed by atoms with van der Waals surface area (Å²) in [6.07, 6.45) is 1.59. The van der Waals surface area contributed by atoms with E-state index in [4.69, 9.17) is 4.74 Å². The van der Waals surface area contributed by atoms with Crippen LogP contribution in [-0.2, 0) is 4.74 Å². The summed E-state index contributed by atoms with van der Waals surface area (Å²) in [6, 6.07) is 12.2. The maximum Gasteiger partial charge on any atom is 0.257 e. The molecule has 2 aromatic carbocycles. The fourth-order valence-electron chi connectivity index (χ4n) is 3.24. The number of nitrogens with one attached hydrogen (secondary N) is 1. The number of halogens is 1. The molecule has 1 fully saturated rings. The van der Waals surface area contributed by atoms with Gasteiger partial charge in [-0.05, 0) is 30.7 Å². The lowest BCUT2D eigenvalue weighted by Crippen LogP contribution is -2.41. The normalized spacial score (nSPS) is 14.4. The molecule has 6 heteroatoms. The van der Waals surface area contributed by atoms with Gasteiger partial charge in [-0.1, -0.05) is 24.3 Å². The molecule has 0 aliphatic carbocycles. The molecule has 5 nitrogen and oxygen atoms in total. The molecule has 1 amide bonds. The highest BCUT2D eigenvalue weighted by atomic mass is 19.1. The van der Waals surface area contributed by atoms with Gasteiger partial charge in [-0.25, -0.2) is 4.39 Å². The van der Waals surface area contributed by atoms with E-state index in [9.17, 15) is 9.18 Å². The van der Waals surface area contributed by atoms with Crippen molar-refractivity contribution in [2.75, 3.05) is 31.6 Å². The van der Waals surface area contributed by atoms with Crippen LogP contribution in [0.3, 0.4) is 0 Å². The van der Waals surface area contributed by atoms with Gasteiger partial charge >= 0.3 is 0 Å². The number of ether oxygens (including phenoxy) is 1.